The van der Waals surface area contributed by atoms with Crippen LogP contribution in [0.5, 0.6) is 0 Å². The van der Waals surface area contributed by atoms with Crippen LogP contribution in [0.15, 0.2) is 69.9 Å². The van der Waals surface area contributed by atoms with Crippen molar-refractivity contribution in [3.8, 4) is 0 Å². The Morgan fingerprint density at radius 3 is 2.64 bits per heavy atom. The van der Waals surface area contributed by atoms with Crippen molar-refractivity contribution in [2.75, 3.05) is 0 Å². The maximum Gasteiger partial charge on any atom is 0.236 e. The summed E-state index contributed by atoms with van der Waals surface area (Å²) < 4.78 is 8.20. The molecule has 0 unspecified atom stereocenters. The van der Waals surface area contributed by atoms with E-state index in [1.807, 2.05) is 72.0 Å². The Kier molecular flexibility index (Phi) is 2.95. The summed E-state index contributed by atoms with van der Waals surface area (Å²) in [6, 6.07) is 19.5. The highest BCUT2D eigenvalue weighted by Crippen LogP contribution is 2.29. The Morgan fingerprint density at radius 1 is 0.929 bits per heavy atom. The minimum absolute atomic E-state index is 0.0996. The van der Waals surface area contributed by atoms with Gasteiger partial charge in [0.05, 0.1) is 16.4 Å². The molecule has 0 aliphatic rings. The van der Waals surface area contributed by atoms with Gasteiger partial charge >= 0.3 is 0 Å². The summed E-state index contributed by atoms with van der Waals surface area (Å²) in [6.45, 7) is 2.04. The number of aromatic nitrogens is 3. The standard InChI is InChI=1S/C23H15N3O2/c1-2-18-25-23-19(22-24-16-9-5-6-10-17(16)26(18)22)20(27)15-12-11-13-7-3-4-8-14(13)21(15)28-23/h3-12H,2H2,1H3. The van der Waals surface area contributed by atoms with Gasteiger partial charge in [0.1, 0.15) is 16.8 Å². The van der Waals surface area contributed by atoms with Gasteiger partial charge in [0.2, 0.25) is 11.1 Å². The van der Waals surface area contributed by atoms with Crippen LogP contribution in [0.4, 0.5) is 0 Å². The molecule has 3 aromatic heterocycles. The van der Waals surface area contributed by atoms with Crippen LogP contribution < -0.4 is 5.43 Å². The summed E-state index contributed by atoms with van der Waals surface area (Å²) in [5.74, 6) is 0.818. The monoisotopic (exact) mass is 365 g/mol. The van der Waals surface area contributed by atoms with Crippen molar-refractivity contribution in [1.82, 2.24) is 14.4 Å². The SMILES string of the molecule is CCc1nc2oc3c(ccc4ccccc43)c(=O)c2c2nc3ccccc3n12. The molecule has 5 nitrogen and oxygen atoms in total. The summed E-state index contributed by atoms with van der Waals surface area (Å²) in [6.07, 6.45) is 0.698. The smallest absolute Gasteiger partial charge is 0.236 e. The number of nitrogens with zero attached hydrogens (tertiary/aromatic N) is 3. The second-order valence-corrected chi connectivity index (χ2v) is 6.92. The van der Waals surface area contributed by atoms with Gasteiger partial charge in [-0.3, -0.25) is 9.20 Å². The second-order valence-electron chi connectivity index (χ2n) is 6.92. The lowest BCUT2D eigenvalue weighted by molar-refractivity contribution is 0.642. The van der Waals surface area contributed by atoms with Crippen LogP contribution in [-0.4, -0.2) is 14.4 Å². The summed E-state index contributed by atoms with van der Waals surface area (Å²) in [7, 11) is 0. The van der Waals surface area contributed by atoms with E-state index in [1.54, 1.807) is 0 Å². The van der Waals surface area contributed by atoms with Gasteiger partial charge in [-0.25, -0.2) is 4.98 Å². The maximum atomic E-state index is 13.5. The van der Waals surface area contributed by atoms with E-state index < -0.39 is 0 Å². The third-order valence-electron chi connectivity index (χ3n) is 5.35. The van der Waals surface area contributed by atoms with Gasteiger partial charge in [0.15, 0.2) is 5.65 Å². The molecule has 0 radical (unpaired) electrons. The molecule has 0 aliphatic heterocycles. The van der Waals surface area contributed by atoms with Crippen LogP contribution in [0, 0.1) is 0 Å². The van der Waals surface area contributed by atoms with Crippen LogP contribution in [0.2, 0.25) is 0 Å². The highest BCUT2D eigenvalue weighted by molar-refractivity contribution is 6.08. The molecule has 0 amide bonds. The van der Waals surface area contributed by atoms with Crippen molar-refractivity contribution >= 4 is 49.5 Å². The van der Waals surface area contributed by atoms with E-state index in [2.05, 4.69) is 0 Å². The van der Waals surface area contributed by atoms with E-state index in [0.717, 1.165) is 27.6 Å². The molecule has 5 heteroatoms. The first-order valence-corrected chi connectivity index (χ1v) is 9.30. The van der Waals surface area contributed by atoms with E-state index >= 15 is 0 Å². The Hall–Kier alpha value is -3.73. The Balaban J connectivity index is 1.91. The summed E-state index contributed by atoms with van der Waals surface area (Å²) >= 11 is 0. The second kappa shape index (κ2) is 5.39. The lowest BCUT2D eigenvalue weighted by Gasteiger charge is -2.08. The largest absolute Gasteiger partial charge is 0.437 e. The zero-order valence-corrected chi connectivity index (χ0v) is 15.1. The van der Waals surface area contributed by atoms with Gasteiger partial charge < -0.3 is 4.42 Å². The van der Waals surface area contributed by atoms with Crippen molar-refractivity contribution in [3.05, 3.63) is 76.7 Å². The fourth-order valence-electron chi connectivity index (χ4n) is 4.05. The quantitative estimate of drug-likeness (QED) is 0.308. The lowest BCUT2D eigenvalue weighted by atomic mass is 10.1. The topological polar surface area (TPSA) is 60.4 Å². The van der Waals surface area contributed by atoms with Crippen molar-refractivity contribution in [3.63, 3.8) is 0 Å². The number of hydrogen-bond donors (Lipinski definition) is 0. The molecule has 28 heavy (non-hydrogen) atoms. The van der Waals surface area contributed by atoms with Gasteiger partial charge in [-0.15, -0.1) is 0 Å². The lowest BCUT2D eigenvalue weighted by Crippen LogP contribution is -2.09. The number of aryl methyl sites for hydroxylation is 1. The number of imidazole rings is 1. The van der Waals surface area contributed by atoms with E-state index in [0.29, 0.717) is 34.1 Å². The molecule has 3 aromatic carbocycles. The molecule has 0 saturated carbocycles. The molecule has 0 fully saturated rings. The fraction of sp³-hybridized carbons (Fsp3) is 0.0870. The first-order chi connectivity index (χ1) is 13.8. The van der Waals surface area contributed by atoms with Gasteiger partial charge in [0.25, 0.3) is 0 Å². The molecule has 0 N–H and O–H groups in total. The van der Waals surface area contributed by atoms with Gasteiger partial charge in [-0.2, -0.15) is 4.98 Å². The number of para-hydroxylation sites is 2. The van der Waals surface area contributed by atoms with Crippen molar-refractivity contribution < 1.29 is 4.42 Å². The number of benzene rings is 3. The zero-order valence-electron chi connectivity index (χ0n) is 15.1. The average molecular weight is 365 g/mol. The molecule has 134 valence electrons. The summed E-state index contributed by atoms with van der Waals surface area (Å²) in [5, 5.41) is 2.91. The van der Waals surface area contributed by atoms with Gasteiger partial charge in [0, 0.05) is 11.8 Å². The van der Waals surface area contributed by atoms with E-state index in [1.165, 1.54) is 0 Å². The number of hydrogen-bond acceptors (Lipinski definition) is 4. The highest BCUT2D eigenvalue weighted by Gasteiger charge is 2.19. The predicted molar refractivity (Wildman–Crippen MR) is 111 cm³/mol. The van der Waals surface area contributed by atoms with Crippen LogP contribution in [0.25, 0.3) is 49.5 Å². The Morgan fingerprint density at radius 2 is 1.75 bits per heavy atom. The average Bonchev–Trinajstić information content (AvgIpc) is 3.12. The molecular weight excluding hydrogens is 350 g/mol. The molecule has 6 aromatic rings. The molecule has 6 rings (SSSR count). The maximum absolute atomic E-state index is 13.5. The summed E-state index contributed by atoms with van der Waals surface area (Å²) in [5.41, 5.74) is 3.20. The molecule has 0 atom stereocenters. The van der Waals surface area contributed by atoms with Crippen molar-refractivity contribution in [1.29, 1.82) is 0 Å². The molecule has 0 saturated heterocycles. The first-order valence-electron chi connectivity index (χ1n) is 9.30. The Bertz CT molecular complexity index is 1630. The minimum Gasteiger partial charge on any atom is -0.437 e. The summed E-state index contributed by atoms with van der Waals surface area (Å²) in [4.78, 5) is 22.9. The molecule has 0 bridgehead atoms. The van der Waals surface area contributed by atoms with E-state index in [4.69, 9.17) is 14.4 Å². The number of rotatable bonds is 1. The zero-order chi connectivity index (χ0) is 18.8. The van der Waals surface area contributed by atoms with Crippen molar-refractivity contribution in [2.45, 2.75) is 13.3 Å². The van der Waals surface area contributed by atoms with E-state index in [-0.39, 0.29) is 5.43 Å². The van der Waals surface area contributed by atoms with Crippen LogP contribution >= 0.6 is 0 Å². The van der Waals surface area contributed by atoms with E-state index in [9.17, 15) is 4.79 Å². The molecule has 3 heterocycles. The van der Waals surface area contributed by atoms with Gasteiger partial charge in [-0.1, -0.05) is 49.4 Å². The normalized spacial score (nSPS) is 12.0. The third kappa shape index (κ3) is 1.88. The third-order valence-corrected chi connectivity index (χ3v) is 5.35. The molecular formula is C23H15N3O2. The Labute approximate surface area is 158 Å². The minimum atomic E-state index is -0.0996. The molecule has 0 aliphatic carbocycles. The van der Waals surface area contributed by atoms with Crippen LogP contribution in [0.3, 0.4) is 0 Å². The predicted octanol–water partition coefficient (Wildman–Crippen LogP) is 4.86. The molecule has 0 spiro atoms. The van der Waals surface area contributed by atoms with Gasteiger partial charge in [-0.05, 0) is 23.6 Å². The fourth-order valence-corrected chi connectivity index (χ4v) is 4.05. The first kappa shape index (κ1) is 15.3. The van der Waals surface area contributed by atoms with Crippen LogP contribution in [-0.2, 0) is 6.42 Å². The highest BCUT2D eigenvalue weighted by atomic mass is 16.3. The van der Waals surface area contributed by atoms with Crippen molar-refractivity contribution in [2.24, 2.45) is 0 Å². The van der Waals surface area contributed by atoms with Crippen LogP contribution in [0.1, 0.15) is 12.7 Å². The number of fused-ring (bicyclic) bond motifs is 8.